The highest BCUT2D eigenvalue weighted by Gasteiger charge is 2.33. The lowest BCUT2D eigenvalue weighted by Crippen LogP contribution is -2.44. The van der Waals surface area contributed by atoms with Crippen molar-refractivity contribution >= 4 is 0 Å². The molecule has 0 aromatic heterocycles. The van der Waals surface area contributed by atoms with Crippen LogP contribution in [0.5, 0.6) is 0 Å². The number of hydrogen-bond donors (Lipinski definition) is 0. The molecule has 1 aromatic carbocycles. The quantitative estimate of drug-likeness (QED) is 0.824. The van der Waals surface area contributed by atoms with Gasteiger partial charge in [-0.15, -0.1) is 0 Å². The third-order valence-electron chi connectivity index (χ3n) is 3.95. The van der Waals surface area contributed by atoms with Crippen LogP contribution < -0.4 is 0 Å². The number of alkyl halides is 3. The number of hydrogen-bond acceptors (Lipinski definition) is 2. The highest BCUT2D eigenvalue weighted by Crippen LogP contribution is 2.34. The van der Waals surface area contributed by atoms with E-state index in [0.29, 0.717) is 17.7 Å². The second-order valence-corrected chi connectivity index (χ2v) is 5.67. The largest absolute Gasteiger partial charge is 0.416 e. The van der Waals surface area contributed by atoms with Crippen molar-refractivity contribution in [3.05, 3.63) is 34.4 Å². The van der Waals surface area contributed by atoms with Crippen LogP contribution in [0.3, 0.4) is 0 Å². The van der Waals surface area contributed by atoms with Crippen LogP contribution in [-0.4, -0.2) is 43.0 Å². The van der Waals surface area contributed by atoms with E-state index in [1.165, 1.54) is 6.07 Å². The standard InChI is InChI=1S/C15H21F3N2/c1-11-8-13(10-20-6-4-19(3)5-7-20)12(2)14(9-11)15(16,17)18/h8-9H,4-7,10H2,1-3H3. The van der Waals surface area contributed by atoms with Gasteiger partial charge in [-0.3, -0.25) is 4.90 Å². The molecule has 2 rings (SSSR count). The summed E-state index contributed by atoms with van der Waals surface area (Å²) < 4.78 is 39.1. The molecule has 0 saturated carbocycles. The maximum absolute atomic E-state index is 13.0. The molecule has 1 saturated heterocycles. The lowest BCUT2D eigenvalue weighted by atomic mass is 9.98. The molecule has 0 amide bonds. The van der Waals surface area contributed by atoms with Crippen molar-refractivity contribution in [1.29, 1.82) is 0 Å². The Bertz CT molecular complexity index is 475. The van der Waals surface area contributed by atoms with Crippen LogP contribution >= 0.6 is 0 Å². The highest BCUT2D eigenvalue weighted by atomic mass is 19.4. The smallest absolute Gasteiger partial charge is 0.304 e. The Hall–Kier alpha value is -1.07. The lowest BCUT2D eigenvalue weighted by molar-refractivity contribution is -0.138. The molecule has 0 N–H and O–H groups in total. The molecule has 0 spiro atoms. The Balaban J connectivity index is 2.21. The Morgan fingerprint density at radius 3 is 2.20 bits per heavy atom. The van der Waals surface area contributed by atoms with Gasteiger partial charge in [0, 0.05) is 32.7 Å². The van der Waals surface area contributed by atoms with Crippen molar-refractivity contribution in [3.8, 4) is 0 Å². The van der Waals surface area contributed by atoms with Gasteiger partial charge < -0.3 is 4.90 Å². The van der Waals surface area contributed by atoms with E-state index in [0.717, 1.165) is 31.7 Å². The Labute approximate surface area is 118 Å². The van der Waals surface area contributed by atoms with E-state index >= 15 is 0 Å². The number of rotatable bonds is 2. The Morgan fingerprint density at radius 1 is 1.05 bits per heavy atom. The number of nitrogens with zero attached hydrogens (tertiary/aromatic N) is 2. The van der Waals surface area contributed by atoms with Crippen molar-refractivity contribution in [2.24, 2.45) is 0 Å². The first-order valence-corrected chi connectivity index (χ1v) is 6.85. The minimum Gasteiger partial charge on any atom is -0.304 e. The molecule has 1 heterocycles. The van der Waals surface area contributed by atoms with Gasteiger partial charge in [0.05, 0.1) is 5.56 Å². The zero-order valence-corrected chi connectivity index (χ0v) is 12.2. The fourth-order valence-corrected chi connectivity index (χ4v) is 2.64. The van der Waals surface area contributed by atoms with E-state index < -0.39 is 11.7 Å². The number of piperazine rings is 1. The van der Waals surface area contributed by atoms with Crippen LogP contribution in [0.25, 0.3) is 0 Å². The van der Waals surface area contributed by atoms with Crippen molar-refractivity contribution in [1.82, 2.24) is 9.80 Å². The summed E-state index contributed by atoms with van der Waals surface area (Å²) in [5, 5.41) is 0. The molecule has 0 atom stereocenters. The number of likely N-dealkylation sites (N-methyl/N-ethyl adjacent to an activating group) is 1. The van der Waals surface area contributed by atoms with Crippen LogP contribution in [-0.2, 0) is 12.7 Å². The first-order valence-electron chi connectivity index (χ1n) is 6.85. The minimum atomic E-state index is -4.27. The van der Waals surface area contributed by atoms with Crippen LogP contribution in [0, 0.1) is 13.8 Å². The molecule has 2 nitrogen and oxygen atoms in total. The summed E-state index contributed by atoms with van der Waals surface area (Å²) in [6, 6.07) is 3.12. The summed E-state index contributed by atoms with van der Waals surface area (Å²) in [5.74, 6) is 0. The summed E-state index contributed by atoms with van der Waals surface area (Å²) in [4.78, 5) is 4.46. The third-order valence-corrected chi connectivity index (χ3v) is 3.95. The predicted molar refractivity (Wildman–Crippen MR) is 73.7 cm³/mol. The Morgan fingerprint density at radius 2 is 1.65 bits per heavy atom. The molecule has 112 valence electrons. The highest BCUT2D eigenvalue weighted by molar-refractivity contribution is 5.39. The maximum atomic E-state index is 13.0. The number of aryl methyl sites for hydroxylation is 1. The van der Waals surface area contributed by atoms with Gasteiger partial charge in [0.15, 0.2) is 0 Å². The van der Waals surface area contributed by atoms with Gasteiger partial charge in [-0.25, -0.2) is 0 Å². The van der Waals surface area contributed by atoms with E-state index in [9.17, 15) is 13.2 Å². The second-order valence-electron chi connectivity index (χ2n) is 5.67. The zero-order valence-electron chi connectivity index (χ0n) is 12.2. The Kier molecular flexibility index (Phi) is 4.39. The molecule has 1 aromatic rings. The van der Waals surface area contributed by atoms with Crippen LogP contribution in [0.2, 0.25) is 0 Å². The summed E-state index contributed by atoms with van der Waals surface area (Å²) in [5.41, 5.74) is 1.33. The molecule has 5 heteroatoms. The molecule has 1 fully saturated rings. The maximum Gasteiger partial charge on any atom is 0.416 e. The average Bonchev–Trinajstić information content (AvgIpc) is 2.35. The first-order chi connectivity index (χ1) is 9.27. The molecular weight excluding hydrogens is 265 g/mol. The van der Waals surface area contributed by atoms with E-state index in [1.807, 2.05) is 6.07 Å². The molecule has 0 unspecified atom stereocenters. The van der Waals surface area contributed by atoms with Crippen molar-refractivity contribution in [2.75, 3.05) is 33.2 Å². The van der Waals surface area contributed by atoms with Gasteiger partial charge in [0.25, 0.3) is 0 Å². The number of benzene rings is 1. The topological polar surface area (TPSA) is 6.48 Å². The van der Waals surface area contributed by atoms with Gasteiger partial charge in [-0.1, -0.05) is 11.6 Å². The SMILES string of the molecule is Cc1cc(CN2CCN(C)CC2)c(C)c(C(F)(F)F)c1. The molecule has 0 aliphatic carbocycles. The van der Waals surface area contributed by atoms with E-state index in [1.54, 1.807) is 13.8 Å². The van der Waals surface area contributed by atoms with Gasteiger partial charge in [-0.05, 0) is 38.1 Å². The van der Waals surface area contributed by atoms with E-state index in [-0.39, 0.29) is 0 Å². The summed E-state index contributed by atoms with van der Waals surface area (Å²) in [6.07, 6.45) is -4.27. The van der Waals surface area contributed by atoms with Crippen molar-refractivity contribution in [3.63, 3.8) is 0 Å². The van der Waals surface area contributed by atoms with E-state index in [4.69, 9.17) is 0 Å². The fraction of sp³-hybridized carbons (Fsp3) is 0.600. The molecule has 1 aliphatic heterocycles. The fourth-order valence-electron chi connectivity index (χ4n) is 2.64. The molecule has 20 heavy (non-hydrogen) atoms. The second kappa shape index (κ2) is 5.74. The molecule has 0 radical (unpaired) electrons. The van der Waals surface area contributed by atoms with Crippen molar-refractivity contribution in [2.45, 2.75) is 26.6 Å². The number of halogens is 3. The van der Waals surface area contributed by atoms with Crippen LogP contribution in [0.4, 0.5) is 13.2 Å². The monoisotopic (exact) mass is 286 g/mol. The minimum absolute atomic E-state index is 0.363. The van der Waals surface area contributed by atoms with Gasteiger partial charge >= 0.3 is 6.18 Å². The first kappa shape index (κ1) is 15.3. The van der Waals surface area contributed by atoms with Crippen LogP contribution in [0.15, 0.2) is 12.1 Å². The molecular formula is C15H21F3N2. The molecule has 1 aliphatic rings. The zero-order chi connectivity index (χ0) is 14.9. The average molecular weight is 286 g/mol. The van der Waals surface area contributed by atoms with E-state index in [2.05, 4.69) is 16.8 Å². The van der Waals surface area contributed by atoms with Gasteiger partial charge in [0.2, 0.25) is 0 Å². The predicted octanol–water partition coefficient (Wildman–Crippen LogP) is 3.07. The summed E-state index contributed by atoms with van der Waals surface area (Å²) >= 11 is 0. The lowest BCUT2D eigenvalue weighted by Gasteiger charge is -2.33. The van der Waals surface area contributed by atoms with Crippen molar-refractivity contribution < 1.29 is 13.2 Å². The van der Waals surface area contributed by atoms with Crippen LogP contribution in [0.1, 0.15) is 22.3 Å². The third kappa shape index (κ3) is 3.52. The summed E-state index contributed by atoms with van der Waals surface area (Å²) in [6.45, 7) is 7.66. The van der Waals surface area contributed by atoms with Gasteiger partial charge in [0.1, 0.15) is 0 Å². The summed E-state index contributed by atoms with van der Waals surface area (Å²) in [7, 11) is 2.07. The normalized spacial score (nSPS) is 18.5. The molecule has 0 bridgehead atoms. The van der Waals surface area contributed by atoms with Gasteiger partial charge in [-0.2, -0.15) is 13.2 Å².